The normalized spacial score (nSPS) is 10.2. The van der Waals surface area contributed by atoms with Crippen molar-refractivity contribution in [2.75, 3.05) is 0 Å². The minimum absolute atomic E-state index is 0. The molecule has 1 nitrogen and oxygen atoms in total. The summed E-state index contributed by atoms with van der Waals surface area (Å²) in [5, 5.41) is 0. The fourth-order valence-corrected chi connectivity index (χ4v) is 0.573. The number of alkyl halides is 3. The summed E-state index contributed by atoms with van der Waals surface area (Å²) >= 11 is 0. The molecule has 0 fully saturated rings. The van der Waals surface area contributed by atoms with Crippen LogP contribution in [0.1, 0.15) is 0 Å². The van der Waals surface area contributed by atoms with Crippen LogP contribution in [-0.4, -0.2) is 6.36 Å². The molecule has 0 amide bonds. The fourth-order valence-electron chi connectivity index (χ4n) is 0.573. The van der Waals surface area contributed by atoms with Gasteiger partial charge in [0.05, 0.1) is 0 Å². The zero-order valence-electron chi connectivity index (χ0n) is 6.35. The zero-order chi connectivity index (χ0) is 8.32. The zero-order valence-corrected chi connectivity index (χ0v) is 9.47. The third-order valence-electron chi connectivity index (χ3n) is 0.921. The number of hydrogen-bond donors (Lipinski definition) is 0. The molecule has 0 saturated carbocycles. The van der Waals surface area contributed by atoms with Crippen molar-refractivity contribution in [1.29, 1.82) is 0 Å². The van der Waals surface area contributed by atoms with Gasteiger partial charge in [-0.3, -0.25) is 0 Å². The van der Waals surface area contributed by atoms with Gasteiger partial charge in [-0.1, -0.05) is 0 Å². The van der Waals surface area contributed by atoms with Crippen LogP contribution in [0.2, 0.25) is 0 Å². The van der Waals surface area contributed by atoms with Gasteiger partial charge in [-0.15, -0.1) is 25.3 Å². The van der Waals surface area contributed by atoms with Crippen molar-refractivity contribution >= 4 is 0 Å². The van der Waals surface area contributed by atoms with E-state index >= 15 is 0 Å². The number of hydrogen-bond acceptors (Lipinski definition) is 1. The second kappa shape index (κ2) is 5.24. The van der Waals surface area contributed by atoms with E-state index in [-0.39, 0.29) is 57.1 Å². The SMILES string of the molecule is FC(F)(F)Oc1cc[c-]cc1.[K+]. The number of rotatable bonds is 1. The van der Waals surface area contributed by atoms with E-state index in [0.717, 1.165) is 0 Å². The van der Waals surface area contributed by atoms with Crippen LogP contribution in [0, 0.1) is 6.07 Å². The van der Waals surface area contributed by atoms with E-state index in [0.29, 0.717) is 0 Å². The van der Waals surface area contributed by atoms with Crippen molar-refractivity contribution in [2.45, 2.75) is 6.36 Å². The maximum Gasteiger partial charge on any atom is 1.00 e. The minimum Gasteiger partial charge on any atom is -0.432 e. The van der Waals surface area contributed by atoms with Gasteiger partial charge in [0.25, 0.3) is 0 Å². The molecular weight excluding hydrogens is 196 g/mol. The van der Waals surface area contributed by atoms with Crippen LogP contribution in [0.25, 0.3) is 0 Å². The topological polar surface area (TPSA) is 9.23 Å². The summed E-state index contributed by atoms with van der Waals surface area (Å²) < 4.78 is 38.1. The molecule has 0 unspecified atom stereocenters. The van der Waals surface area contributed by atoms with Gasteiger partial charge in [0, 0.05) is 5.75 Å². The van der Waals surface area contributed by atoms with Crippen LogP contribution in [0.4, 0.5) is 13.2 Å². The molecule has 0 radical (unpaired) electrons. The minimum atomic E-state index is -4.61. The van der Waals surface area contributed by atoms with Gasteiger partial charge in [-0.25, -0.2) is 0 Å². The monoisotopic (exact) mass is 200 g/mol. The van der Waals surface area contributed by atoms with Crippen LogP contribution >= 0.6 is 0 Å². The Bertz CT molecular complexity index is 222. The van der Waals surface area contributed by atoms with Gasteiger partial charge in [0.15, 0.2) is 0 Å². The third-order valence-corrected chi connectivity index (χ3v) is 0.921. The van der Waals surface area contributed by atoms with Crippen molar-refractivity contribution in [3.8, 4) is 5.75 Å². The van der Waals surface area contributed by atoms with Gasteiger partial charge in [-0.2, -0.15) is 18.2 Å². The van der Waals surface area contributed by atoms with Gasteiger partial charge in [0.2, 0.25) is 0 Å². The van der Waals surface area contributed by atoms with Gasteiger partial charge in [0.1, 0.15) is 0 Å². The van der Waals surface area contributed by atoms with E-state index in [9.17, 15) is 13.2 Å². The second-order valence-electron chi connectivity index (χ2n) is 1.78. The van der Waals surface area contributed by atoms with Gasteiger partial charge in [-0.05, 0) is 0 Å². The molecular formula is C7H4F3KO. The predicted octanol–water partition coefficient (Wildman–Crippen LogP) is -0.611. The van der Waals surface area contributed by atoms with Crippen molar-refractivity contribution < 1.29 is 69.3 Å². The van der Waals surface area contributed by atoms with E-state index in [1.165, 1.54) is 24.3 Å². The van der Waals surface area contributed by atoms with Gasteiger partial charge >= 0.3 is 57.7 Å². The summed E-state index contributed by atoms with van der Waals surface area (Å²) in [6.45, 7) is 0. The molecule has 12 heavy (non-hydrogen) atoms. The largest absolute Gasteiger partial charge is 1.00 e. The average Bonchev–Trinajstić information content (AvgIpc) is 1.85. The first-order valence-electron chi connectivity index (χ1n) is 2.80. The Labute approximate surface area is 110 Å². The summed E-state index contributed by atoms with van der Waals surface area (Å²) in [5.41, 5.74) is 0. The molecule has 0 saturated heterocycles. The van der Waals surface area contributed by atoms with Crippen LogP contribution < -0.4 is 56.1 Å². The standard InChI is InChI=1S/C7H4F3O.K/c8-7(9,10)11-6-4-2-1-3-5-6;/h2-5H;/q-1;+1. The third kappa shape index (κ3) is 5.16. The molecule has 5 heteroatoms. The van der Waals surface area contributed by atoms with E-state index in [1.807, 2.05) is 0 Å². The first kappa shape index (κ1) is 12.4. The number of benzene rings is 1. The molecule has 0 aliphatic carbocycles. The molecule has 1 aromatic rings. The molecule has 0 N–H and O–H groups in total. The van der Waals surface area contributed by atoms with Gasteiger partial charge < -0.3 is 4.74 Å². The Kier molecular flexibility index (Phi) is 5.43. The molecule has 0 atom stereocenters. The first-order chi connectivity index (χ1) is 5.08. The molecule has 0 heterocycles. The van der Waals surface area contributed by atoms with Crippen molar-refractivity contribution in [2.24, 2.45) is 0 Å². The molecule has 0 spiro atoms. The maximum atomic E-state index is 11.5. The summed E-state index contributed by atoms with van der Waals surface area (Å²) in [7, 11) is 0. The van der Waals surface area contributed by atoms with Crippen LogP contribution in [0.5, 0.6) is 5.75 Å². The smallest absolute Gasteiger partial charge is 0.432 e. The molecule has 0 bridgehead atoms. The average molecular weight is 200 g/mol. The maximum absolute atomic E-state index is 11.5. The fraction of sp³-hybridized carbons (Fsp3) is 0.143. The summed E-state index contributed by atoms with van der Waals surface area (Å²) in [4.78, 5) is 0. The Hall–Kier alpha value is 0.446. The van der Waals surface area contributed by atoms with E-state index in [4.69, 9.17) is 0 Å². The van der Waals surface area contributed by atoms with E-state index in [2.05, 4.69) is 10.8 Å². The second-order valence-corrected chi connectivity index (χ2v) is 1.78. The van der Waals surface area contributed by atoms with Crippen molar-refractivity contribution in [1.82, 2.24) is 0 Å². The number of ether oxygens (including phenoxy) is 1. The number of halogens is 3. The van der Waals surface area contributed by atoms with E-state index in [1.54, 1.807) is 0 Å². The summed E-state index contributed by atoms with van der Waals surface area (Å²) in [6, 6.07) is 7.64. The van der Waals surface area contributed by atoms with E-state index < -0.39 is 6.36 Å². The molecule has 0 aliphatic rings. The summed E-state index contributed by atoms with van der Waals surface area (Å²) in [6.07, 6.45) is -4.61. The van der Waals surface area contributed by atoms with Crippen LogP contribution in [0.3, 0.4) is 0 Å². The molecule has 0 aliphatic heterocycles. The molecule has 60 valence electrons. The Morgan fingerprint density at radius 2 is 1.67 bits per heavy atom. The first-order valence-corrected chi connectivity index (χ1v) is 2.80. The predicted molar refractivity (Wildman–Crippen MR) is 32.0 cm³/mol. The Morgan fingerprint density at radius 3 is 2.08 bits per heavy atom. The molecule has 0 aromatic heterocycles. The molecule has 1 aromatic carbocycles. The Balaban J connectivity index is 0.00000121. The van der Waals surface area contributed by atoms with Crippen molar-refractivity contribution in [3.05, 3.63) is 30.3 Å². The molecule has 1 rings (SSSR count). The quantitative estimate of drug-likeness (QED) is 0.434. The van der Waals surface area contributed by atoms with Crippen LogP contribution in [-0.2, 0) is 0 Å². The Morgan fingerprint density at radius 1 is 1.17 bits per heavy atom. The summed E-state index contributed by atoms with van der Waals surface area (Å²) in [5.74, 6) is -0.226. The van der Waals surface area contributed by atoms with Crippen molar-refractivity contribution in [3.63, 3.8) is 0 Å². The van der Waals surface area contributed by atoms with Crippen LogP contribution in [0.15, 0.2) is 24.3 Å².